The zero-order chi connectivity index (χ0) is 17.9. The molecule has 0 spiro atoms. The average Bonchev–Trinajstić information content (AvgIpc) is 2.50. The fraction of sp³-hybridized carbons (Fsp3) is 0.467. The fourth-order valence-corrected chi connectivity index (χ4v) is 2.58. The number of hydrogen-bond donors (Lipinski definition) is 1. The van der Waals surface area contributed by atoms with Gasteiger partial charge in [-0.15, -0.1) is 0 Å². The number of rotatable bonds is 4. The second kappa shape index (κ2) is 7.40. The molecule has 0 aromatic heterocycles. The van der Waals surface area contributed by atoms with Crippen molar-refractivity contribution >= 4 is 29.1 Å². The Morgan fingerprint density at radius 2 is 2.17 bits per heavy atom. The van der Waals surface area contributed by atoms with Crippen LogP contribution in [-0.4, -0.2) is 42.5 Å². The van der Waals surface area contributed by atoms with Gasteiger partial charge in [0.1, 0.15) is 6.10 Å². The number of halogens is 4. The highest BCUT2D eigenvalue weighted by Gasteiger charge is 2.34. The summed E-state index contributed by atoms with van der Waals surface area (Å²) in [7, 11) is 0. The van der Waals surface area contributed by atoms with Crippen molar-refractivity contribution in [3.8, 4) is 0 Å². The van der Waals surface area contributed by atoms with Crippen LogP contribution in [0.4, 0.5) is 18.9 Å². The summed E-state index contributed by atoms with van der Waals surface area (Å²) in [5.41, 5.74) is -1.09. The zero-order valence-electron chi connectivity index (χ0n) is 12.8. The minimum Gasteiger partial charge on any atom is -0.366 e. The molecule has 0 radical (unpaired) electrons. The predicted octanol–water partition coefficient (Wildman–Crippen LogP) is 2.93. The van der Waals surface area contributed by atoms with Crippen molar-refractivity contribution in [2.75, 3.05) is 25.0 Å². The molecule has 0 bridgehead atoms. The number of anilines is 1. The molecule has 24 heavy (non-hydrogen) atoms. The minimum atomic E-state index is -4.62. The van der Waals surface area contributed by atoms with E-state index >= 15 is 0 Å². The molecule has 0 saturated carbocycles. The van der Waals surface area contributed by atoms with Gasteiger partial charge in [0.25, 0.3) is 5.91 Å². The van der Waals surface area contributed by atoms with Gasteiger partial charge >= 0.3 is 6.18 Å². The van der Waals surface area contributed by atoms with Gasteiger partial charge in [-0.2, -0.15) is 13.2 Å². The van der Waals surface area contributed by atoms with Crippen LogP contribution >= 0.6 is 11.6 Å². The second-order valence-corrected chi connectivity index (χ2v) is 5.63. The molecule has 1 aliphatic heterocycles. The van der Waals surface area contributed by atoms with E-state index in [1.54, 1.807) is 4.90 Å². The summed E-state index contributed by atoms with van der Waals surface area (Å²) in [6, 6.07) is 3.07. The standard InChI is InChI=1S/C15H16ClF3N2O3/c1-2-21-5-6-24-12(14(21)23)8-13(22)20-9-3-4-11(16)10(7-9)15(17,18)19/h3-4,7,12H,2,5-6,8H2,1H3,(H,20,22)/t12-/m1/s1. The number of amides is 2. The molecule has 0 unspecified atom stereocenters. The number of benzene rings is 1. The van der Waals surface area contributed by atoms with E-state index in [1.165, 1.54) is 6.07 Å². The van der Waals surface area contributed by atoms with Crippen LogP contribution in [0.5, 0.6) is 0 Å². The summed E-state index contributed by atoms with van der Waals surface area (Å²) in [5, 5.41) is 1.88. The second-order valence-electron chi connectivity index (χ2n) is 5.22. The largest absolute Gasteiger partial charge is 0.417 e. The van der Waals surface area contributed by atoms with E-state index in [9.17, 15) is 22.8 Å². The highest BCUT2D eigenvalue weighted by atomic mass is 35.5. The topological polar surface area (TPSA) is 58.6 Å². The Morgan fingerprint density at radius 3 is 2.79 bits per heavy atom. The van der Waals surface area contributed by atoms with Gasteiger partial charge < -0.3 is 15.0 Å². The third-order valence-corrected chi connectivity index (χ3v) is 3.90. The monoisotopic (exact) mass is 364 g/mol. The van der Waals surface area contributed by atoms with Gasteiger partial charge in [-0.3, -0.25) is 9.59 Å². The SMILES string of the molecule is CCN1CCO[C@H](CC(=O)Nc2ccc(Cl)c(C(F)(F)F)c2)C1=O. The Kier molecular flexibility index (Phi) is 5.71. The lowest BCUT2D eigenvalue weighted by Crippen LogP contribution is -2.48. The Labute approximate surface area is 141 Å². The molecule has 5 nitrogen and oxygen atoms in total. The summed E-state index contributed by atoms with van der Waals surface area (Å²) in [6.45, 7) is 3.09. The molecule has 9 heteroatoms. The molecule has 1 aliphatic rings. The third kappa shape index (κ3) is 4.39. The number of ether oxygens (including phenoxy) is 1. The van der Waals surface area contributed by atoms with Crippen molar-refractivity contribution in [1.82, 2.24) is 4.90 Å². The molecule has 1 N–H and O–H groups in total. The van der Waals surface area contributed by atoms with Crippen LogP contribution in [0.3, 0.4) is 0 Å². The summed E-state index contributed by atoms with van der Waals surface area (Å²) in [6.07, 6.45) is -5.81. The molecule has 2 amide bonds. The quantitative estimate of drug-likeness (QED) is 0.893. The Morgan fingerprint density at radius 1 is 1.46 bits per heavy atom. The maximum absolute atomic E-state index is 12.8. The highest BCUT2D eigenvalue weighted by molar-refractivity contribution is 6.31. The Hall–Kier alpha value is -1.80. The first-order valence-electron chi connectivity index (χ1n) is 7.29. The average molecular weight is 365 g/mol. The smallest absolute Gasteiger partial charge is 0.366 e. The maximum Gasteiger partial charge on any atom is 0.417 e. The first-order chi connectivity index (χ1) is 11.2. The van der Waals surface area contributed by atoms with E-state index < -0.39 is 28.8 Å². The molecular formula is C15H16ClF3N2O3. The van der Waals surface area contributed by atoms with E-state index in [0.717, 1.165) is 12.1 Å². The van der Waals surface area contributed by atoms with E-state index in [1.807, 2.05) is 6.92 Å². The lowest BCUT2D eigenvalue weighted by atomic mass is 10.1. The zero-order valence-corrected chi connectivity index (χ0v) is 13.6. The summed E-state index contributed by atoms with van der Waals surface area (Å²) in [5.74, 6) is -0.910. The molecule has 1 heterocycles. The van der Waals surface area contributed by atoms with Gasteiger partial charge in [0, 0.05) is 18.8 Å². The van der Waals surface area contributed by atoms with Crippen LogP contribution < -0.4 is 5.32 Å². The molecule has 0 aliphatic carbocycles. The summed E-state index contributed by atoms with van der Waals surface area (Å²) >= 11 is 5.52. The van der Waals surface area contributed by atoms with Crippen LogP contribution in [0.2, 0.25) is 5.02 Å². The van der Waals surface area contributed by atoms with E-state index in [2.05, 4.69) is 5.32 Å². The van der Waals surface area contributed by atoms with Crippen LogP contribution in [0.15, 0.2) is 18.2 Å². The number of nitrogens with zero attached hydrogens (tertiary/aromatic N) is 1. The van der Waals surface area contributed by atoms with Gasteiger partial charge in [-0.1, -0.05) is 11.6 Å². The molecule has 1 aromatic carbocycles. The number of morpholine rings is 1. The number of alkyl halides is 3. The normalized spacial score (nSPS) is 18.6. The lowest BCUT2D eigenvalue weighted by molar-refractivity contribution is -0.154. The molecule has 2 rings (SSSR count). The molecule has 1 atom stereocenters. The van der Waals surface area contributed by atoms with Gasteiger partial charge in [-0.25, -0.2) is 0 Å². The van der Waals surface area contributed by atoms with Crippen molar-refractivity contribution < 1.29 is 27.5 Å². The van der Waals surface area contributed by atoms with Gasteiger partial charge in [-0.05, 0) is 25.1 Å². The van der Waals surface area contributed by atoms with Crippen molar-refractivity contribution in [3.63, 3.8) is 0 Å². The highest BCUT2D eigenvalue weighted by Crippen LogP contribution is 2.36. The van der Waals surface area contributed by atoms with E-state index in [4.69, 9.17) is 16.3 Å². The minimum absolute atomic E-state index is 0.0488. The van der Waals surface area contributed by atoms with Crippen LogP contribution in [0, 0.1) is 0 Å². The maximum atomic E-state index is 12.8. The van der Waals surface area contributed by atoms with Gasteiger partial charge in [0.05, 0.1) is 23.6 Å². The lowest BCUT2D eigenvalue weighted by Gasteiger charge is -2.31. The number of carbonyl (C=O) groups is 2. The Balaban J connectivity index is 2.04. The molecule has 1 saturated heterocycles. The number of hydrogen-bond acceptors (Lipinski definition) is 3. The Bertz CT molecular complexity index is 637. The first-order valence-corrected chi connectivity index (χ1v) is 7.67. The molecule has 132 valence electrons. The van der Waals surface area contributed by atoms with E-state index in [-0.39, 0.29) is 18.0 Å². The van der Waals surface area contributed by atoms with Crippen molar-refractivity contribution in [2.24, 2.45) is 0 Å². The fourth-order valence-electron chi connectivity index (χ4n) is 2.35. The molecule has 1 fully saturated rings. The summed E-state index contributed by atoms with van der Waals surface area (Å²) < 4.78 is 43.7. The third-order valence-electron chi connectivity index (χ3n) is 3.58. The first kappa shape index (κ1) is 18.5. The number of nitrogens with one attached hydrogen (secondary N) is 1. The van der Waals surface area contributed by atoms with Crippen LogP contribution in [-0.2, 0) is 20.5 Å². The van der Waals surface area contributed by atoms with Gasteiger partial charge in [0.2, 0.25) is 5.91 Å². The summed E-state index contributed by atoms with van der Waals surface area (Å²) in [4.78, 5) is 25.6. The predicted molar refractivity (Wildman–Crippen MR) is 81.7 cm³/mol. The van der Waals surface area contributed by atoms with E-state index in [0.29, 0.717) is 19.7 Å². The van der Waals surface area contributed by atoms with Crippen LogP contribution in [0.25, 0.3) is 0 Å². The van der Waals surface area contributed by atoms with Gasteiger partial charge in [0.15, 0.2) is 0 Å². The number of carbonyl (C=O) groups excluding carboxylic acids is 2. The van der Waals surface area contributed by atoms with Crippen molar-refractivity contribution in [2.45, 2.75) is 25.6 Å². The van der Waals surface area contributed by atoms with Crippen LogP contribution in [0.1, 0.15) is 18.9 Å². The molecule has 1 aromatic rings. The van der Waals surface area contributed by atoms with Crippen molar-refractivity contribution in [1.29, 1.82) is 0 Å². The molecular weight excluding hydrogens is 349 g/mol. The number of likely N-dealkylation sites (N-methyl/N-ethyl adjacent to an activating group) is 1. The van der Waals surface area contributed by atoms with Crippen molar-refractivity contribution in [3.05, 3.63) is 28.8 Å².